The topological polar surface area (TPSA) is 78.3 Å². The van der Waals surface area contributed by atoms with Gasteiger partial charge in [0.15, 0.2) is 0 Å². The van der Waals surface area contributed by atoms with Gasteiger partial charge >= 0.3 is 0 Å². The summed E-state index contributed by atoms with van der Waals surface area (Å²) in [6.45, 7) is 6.77. The molecular formula is C14H22N2O2. The van der Waals surface area contributed by atoms with Gasteiger partial charge in [-0.05, 0) is 17.0 Å². The maximum Gasteiger partial charge on any atom is 0.234 e. The molecule has 0 saturated heterocycles. The number of amides is 1. The molecular weight excluding hydrogens is 228 g/mol. The molecule has 1 aromatic carbocycles. The van der Waals surface area contributed by atoms with Gasteiger partial charge in [-0.15, -0.1) is 0 Å². The largest absolute Gasteiger partial charge is 0.493 e. The Morgan fingerprint density at radius 2 is 1.94 bits per heavy atom. The van der Waals surface area contributed by atoms with Crippen LogP contribution in [0, 0.1) is 0 Å². The van der Waals surface area contributed by atoms with Gasteiger partial charge in [0.2, 0.25) is 5.91 Å². The maximum atomic E-state index is 10.8. The van der Waals surface area contributed by atoms with Crippen molar-refractivity contribution in [1.82, 2.24) is 0 Å². The fourth-order valence-electron chi connectivity index (χ4n) is 1.65. The van der Waals surface area contributed by atoms with Crippen molar-refractivity contribution in [3.63, 3.8) is 0 Å². The summed E-state index contributed by atoms with van der Waals surface area (Å²) in [6, 6.07) is 7.24. The van der Waals surface area contributed by atoms with Crippen molar-refractivity contribution >= 4 is 5.91 Å². The number of hydrogen-bond acceptors (Lipinski definition) is 3. The lowest BCUT2D eigenvalue weighted by Gasteiger charge is -2.22. The first kappa shape index (κ1) is 14.5. The number of benzene rings is 1. The lowest BCUT2D eigenvalue weighted by molar-refractivity contribution is -0.119. The van der Waals surface area contributed by atoms with E-state index in [-0.39, 0.29) is 5.41 Å². The Bertz CT molecular complexity index is 411. The maximum absolute atomic E-state index is 10.8. The molecule has 0 aromatic heterocycles. The van der Waals surface area contributed by atoms with Crippen molar-refractivity contribution < 1.29 is 9.53 Å². The van der Waals surface area contributed by atoms with E-state index in [0.717, 1.165) is 11.3 Å². The molecule has 0 saturated carbocycles. The van der Waals surface area contributed by atoms with E-state index in [1.165, 1.54) is 0 Å². The van der Waals surface area contributed by atoms with E-state index in [4.69, 9.17) is 16.2 Å². The molecule has 0 radical (unpaired) electrons. The van der Waals surface area contributed by atoms with Crippen molar-refractivity contribution in [2.75, 3.05) is 6.61 Å². The average molecular weight is 250 g/mol. The van der Waals surface area contributed by atoms with Gasteiger partial charge in [0, 0.05) is 6.42 Å². The summed E-state index contributed by atoms with van der Waals surface area (Å²) in [7, 11) is 0. The van der Waals surface area contributed by atoms with E-state index in [1.807, 2.05) is 24.3 Å². The normalized spacial score (nSPS) is 13.1. The Kier molecular flexibility index (Phi) is 4.73. The van der Waals surface area contributed by atoms with Crippen LogP contribution in [0.4, 0.5) is 0 Å². The summed E-state index contributed by atoms with van der Waals surface area (Å²) in [4.78, 5) is 10.8. The molecule has 1 atom stereocenters. The lowest BCUT2D eigenvalue weighted by atomic mass is 9.86. The van der Waals surface area contributed by atoms with Gasteiger partial charge in [0.1, 0.15) is 5.75 Å². The molecule has 0 fully saturated rings. The zero-order valence-electron chi connectivity index (χ0n) is 11.3. The number of carbonyl (C=O) groups is 1. The minimum absolute atomic E-state index is 0.0163. The van der Waals surface area contributed by atoms with Gasteiger partial charge in [-0.3, -0.25) is 4.79 Å². The van der Waals surface area contributed by atoms with Gasteiger partial charge in [-0.1, -0.05) is 39.0 Å². The molecule has 4 heteroatoms. The predicted octanol–water partition coefficient (Wildman–Crippen LogP) is 1.57. The van der Waals surface area contributed by atoms with Gasteiger partial charge in [0.25, 0.3) is 0 Å². The summed E-state index contributed by atoms with van der Waals surface area (Å²) in [6.07, 6.45) is 0.424. The van der Waals surface area contributed by atoms with Gasteiger partial charge in [-0.2, -0.15) is 0 Å². The highest BCUT2D eigenvalue weighted by molar-refractivity contribution is 5.79. The summed E-state index contributed by atoms with van der Waals surface area (Å²) in [5, 5.41) is 0. The standard InChI is InChI=1S/C14H22N2O2/c1-14(2,3)10-6-4-5-7-12(10)18-9-8-11(15)13(16)17/h4-7,11H,8-9,15H2,1-3H3,(H2,16,17). The van der Waals surface area contributed by atoms with Crippen LogP contribution in [0.2, 0.25) is 0 Å². The van der Waals surface area contributed by atoms with Crippen molar-refractivity contribution in [2.24, 2.45) is 11.5 Å². The molecule has 0 aliphatic heterocycles. The van der Waals surface area contributed by atoms with Crippen LogP contribution >= 0.6 is 0 Å². The lowest BCUT2D eigenvalue weighted by Crippen LogP contribution is -2.37. The highest BCUT2D eigenvalue weighted by Crippen LogP contribution is 2.30. The van der Waals surface area contributed by atoms with Gasteiger partial charge in [-0.25, -0.2) is 0 Å². The zero-order valence-corrected chi connectivity index (χ0v) is 11.3. The van der Waals surface area contributed by atoms with E-state index >= 15 is 0 Å². The van der Waals surface area contributed by atoms with Gasteiger partial charge < -0.3 is 16.2 Å². The third-order valence-corrected chi connectivity index (χ3v) is 2.75. The number of primary amides is 1. The van der Waals surface area contributed by atoms with E-state index < -0.39 is 11.9 Å². The Morgan fingerprint density at radius 3 is 2.50 bits per heavy atom. The van der Waals surface area contributed by atoms with Crippen LogP contribution in [0.15, 0.2) is 24.3 Å². The fourth-order valence-corrected chi connectivity index (χ4v) is 1.65. The first-order chi connectivity index (χ1) is 8.32. The molecule has 1 rings (SSSR count). The minimum Gasteiger partial charge on any atom is -0.493 e. The van der Waals surface area contributed by atoms with E-state index in [2.05, 4.69) is 20.8 Å². The quantitative estimate of drug-likeness (QED) is 0.832. The van der Waals surface area contributed by atoms with Gasteiger partial charge in [0.05, 0.1) is 12.6 Å². The third kappa shape index (κ3) is 4.04. The summed E-state index contributed by atoms with van der Waals surface area (Å²) < 4.78 is 5.70. The molecule has 100 valence electrons. The molecule has 0 spiro atoms. The predicted molar refractivity (Wildman–Crippen MR) is 72.4 cm³/mol. The summed E-state index contributed by atoms with van der Waals surface area (Å²) in [5.74, 6) is 0.337. The van der Waals surface area contributed by atoms with Crippen LogP contribution in [-0.4, -0.2) is 18.6 Å². The SMILES string of the molecule is CC(C)(C)c1ccccc1OCCC(N)C(N)=O. The second-order valence-corrected chi connectivity index (χ2v) is 5.39. The van der Waals surface area contributed by atoms with Crippen molar-refractivity contribution in [1.29, 1.82) is 0 Å². The third-order valence-electron chi connectivity index (χ3n) is 2.75. The van der Waals surface area contributed by atoms with Crippen LogP contribution < -0.4 is 16.2 Å². The van der Waals surface area contributed by atoms with Crippen LogP contribution in [-0.2, 0) is 10.2 Å². The van der Waals surface area contributed by atoms with Crippen LogP contribution in [0.25, 0.3) is 0 Å². The molecule has 0 heterocycles. The smallest absolute Gasteiger partial charge is 0.234 e. The Hall–Kier alpha value is -1.55. The second-order valence-electron chi connectivity index (χ2n) is 5.39. The molecule has 0 bridgehead atoms. The summed E-state index contributed by atoms with van der Waals surface area (Å²) in [5.41, 5.74) is 11.8. The molecule has 4 N–H and O–H groups in total. The van der Waals surface area contributed by atoms with E-state index in [9.17, 15) is 4.79 Å². The van der Waals surface area contributed by atoms with E-state index in [1.54, 1.807) is 0 Å². The molecule has 1 aromatic rings. The monoisotopic (exact) mass is 250 g/mol. The summed E-state index contributed by atoms with van der Waals surface area (Å²) >= 11 is 0. The van der Waals surface area contributed by atoms with Crippen LogP contribution in [0.3, 0.4) is 0 Å². The zero-order chi connectivity index (χ0) is 13.8. The molecule has 1 unspecified atom stereocenters. The number of carbonyl (C=O) groups excluding carboxylic acids is 1. The molecule has 4 nitrogen and oxygen atoms in total. The molecule has 0 aliphatic carbocycles. The number of nitrogens with two attached hydrogens (primary N) is 2. The second kappa shape index (κ2) is 5.87. The number of para-hydroxylation sites is 1. The Labute approximate surface area is 108 Å². The first-order valence-electron chi connectivity index (χ1n) is 6.09. The van der Waals surface area contributed by atoms with Crippen molar-refractivity contribution in [3.8, 4) is 5.75 Å². The number of rotatable bonds is 5. The van der Waals surface area contributed by atoms with Crippen LogP contribution in [0.1, 0.15) is 32.8 Å². The highest BCUT2D eigenvalue weighted by Gasteiger charge is 2.18. The number of ether oxygens (including phenoxy) is 1. The number of hydrogen-bond donors (Lipinski definition) is 2. The average Bonchev–Trinajstić information content (AvgIpc) is 2.28. The highest BCUT2D eigenvalue weighted by atomic mass is 16.5. The Balaban J connectivity index is 2.66. The van der Waals surface area contributed by atoms with Crippen molar-refractivity contribution in [2.45, 2.75) is 38.6 Å². The van der Waals surface area contributed by atoms with Crippen molar-refractivity contribution in [3.05, 3.63) is 29.8 Å². The molecule has 1 amide bonds. The Morgan fingerprint density at radius 1 is 1.33 bits per heavy atom. The minimum atomic E-state index is -0.646. The first-order valence-corrected chi connectivity index (χ1v) is 6.09. The van der Waals surface area contributed by atoms with E-state index in [0.29, 0.717) is 13.0 Å². The fraction of sp³-hybridized carbons (Fsp3) is 0.500. The molecule has 0 aliphatic rings. The van der Waals surface area contributed by atoms with Crippen LogP contribution in [0.5, 0.6) is 5.75 Å². The molecule has 18 heavy (non-hydrogen) atoms.